The van der Waals surface area contributed by atoms with Gasteiger partial charge in [-0.3, -0.25) is 0 Å². The van der Waals surface area contributed by atoms with Crippen molar-refractivity contribution in [1.82, 2.24) is 4.72 Å². The van der Waals surface area contributed by atoms with Crippen LogP contribution in [0.15, 0.2) is 21.5 Å². The quantitative estimate of drug-likeness (QED) is 0.665. The van der Waals surface area contributed by atoms with Gasteiger partial charge in [0.15, 0.2) is 0 Å². The predicted molar refractivity (Wildman–Crippen MR) is 74.7 cm³/mol. The molecule has 0 bridgehead atoms. The van der Waals surface area contributed by atoms with E-state index in [0.717, 1.165) is 6.07 Å². The topological polar surface area (TPSA) is 109 Å². The van der Waals surface area contributed by atoms with Crippen molar-refractivity contribution >= 4 is 31.9 Å². The Kier molecular flexibility index (Phi) is 5.48. The summed E-state index contributed by atoms with van der Waals surface area (Å²) in [5, 5.41) is 8.95. The predicted octanol–water partition coefficient (Wildman–Crippen LogP) is 1.08. The number of nitrogens with one attached hydrogen (secondary N) is 1. The van der Waals surface area contributed by atoms with E-state index in [1.165, 1.54) is 6.07 Å². The molecule has 6 nitrogen and oxygen atoms in total. The number of carboxylic acids is 1. The molecule has 0 aliphatic rings. The molecule has 0 radical (unpaired) electrons. The zero-order valence-electron chi connectivity index (χ0n) is 10.3. The third kappa shape index (κ3) is 4.00. The Morgan fingerprint density at radius 3 is 2.63 bits per heavy atom. The zero-order valence-corrected chi connectivity index (χ0v) is 12.7. The lowest BCUT2D eigenvalue weighted by atomic mass is 10.1. The van der Waals surface area contributed by atoms with E-state index in [1.807, 2.05) is 0 Å². The van der Waals surface area contributed by atoms with E-state index in [4.69, 9.17) is 10.8 Å². The van der Waals surface area contributed by atoms with Crippen molar-refractivity contribution in [3.8, 4) is 0 Å². The normalized spacial score (nSPS) is 11.5. The number of hydrogen-bond donors (Lipinski definition) is 3. The molecule has 4 N–H and O–H groups in total. The molecule has 0 spiro atoms. The average Bonchev–Trinajstić information content (AvgIpc) is 2.32. The van der Waals surface area contributed by atoms with Crippen LogP contribution in [-0.2, 0) is 10.0 Å². The highest BCUT2D eigenvalue weighted by molar-refractivity contribution is 9.10. The van der Waals surface area contributed by atoms with Gasteiger partial charge in [0.05, 0.1) is 10.5 Å². The van der Waals surface area contributed by atoms with Gasteiger partial charge in [-0.2, -0.15) is 0 Å². The van der Waals surface area contributed by atoms with Crippen LogP contribution in [0.1, 0.15) is 22.3 Å². The maximum absolute atomic E-state index is 12.1. The van der Waals surface area contributed by atoms with Gasteiger partial charge >= 0.3 is 5.97 Å². The summed E-state index contributed by atoms with van der Waals surface area (Å²) in [6.45, 7) is 2.20. The van der Waals surface area contributed by atoms with Gasteiger partial charge in [-0.1, -0.05) is 15.9 Å². The fourth-order valence-electron chi connectivity index (χ4n) is 1.44. The third-order valence-corrected chi connectivity index (χ3v) is 4.92. The number of sulfonamides is 1. The van der Waals surface area contributed by atoms with Gasteiger partial charge in [0, 0.05) is 11.0 Å². The number of hydrogen-bond acceptors (Lipinski definition) is 4. The van der Waals surface area contributed by atoms with E-state index >= 15 is 0 Å². The number of halogens is 1. The van der Waals surface area contributed by atoms with Crippen molar-refractivity contribution in [2.75, 3.05) is 13.1 Å². The van der Waals surface area contributed by atoms with Crippen LogP contribution in [0.3, 0.4) is 0 Å². The molecule has 0 unspecified atom stereocenters. The van der Waals surface area contributed by atoms with Gasteiger partial charge in [-0.05, 0) is 37.6 Å². The number of carboxylic acid groups (broad SMARTS) is 1. The first-order chi connectivity index (χ1) is 8.79. The van der Waals surface area contributed by atoms with Crippen molar-refractivity contribution in [2.24, 2.45) is 5.73 Å². The molecule has 1 aromatic rings. The molecule has 1 rings (SSSR count). The average molecular weight is 351 g/mol. The molecule has 0 aliphatic carbocycles. The molecule has 0 atom stereocenters. The monoisotopic (exact) mass is 350 g/mol. The Hall–Kier alpha value is -0.960. The Morgan fingerprint density at radius 1 is 1.47 bits per heavy atom. The van der Waals surface area contributed by atoms with E-state index in [1.54, 1.807) is 6.92 Å². The van der Waals surface area contributed by atoms with Crippen LogP contribution >= 0.6 is 15.9 Å². The van der Waals surface area contributed by atoms with Gasteiger partial charge in [0.1, 0.15) is 0 Å². The Labute approximate surface area is 120 Å². The van der Waals surface area contributed by atoms with Crippen molar-refractivity contribution in [3.05, 3.63) is 27.7 Å². The van der Waals surface area contributed by atoms with Crippen molar-refractivity contribution in [3.63, 3.8) is 0 Å². The number of nitrogens with two attached hydrogens (primary N) is 1. The first-order valence-electron chi connectivity index (χ1n) is 5.52. The maximum Gasteiger partial charge on any atom is 0.335 e. The van der Waals surface area contributed by atoms with E-state index in [-0.39, 0.29) is 17.0 Å². The lowest BCUT2D eigenvalue weighted by Gasteiger charge is -2.11. The van der Waals surface area contributed by atoms with E-state index < -0.39 is 16.0 Å². The molecular formula is C11H15BrN2O4S. The fourth-order valence-corrected chi connectivity index (χ4v) is 3.40. The Morgan fingerprint density at radius 2 is 2.11 bits per heavy atom. The molecule has 0 saturated heterocycles. The van der Waals surface area contributed by atoms with E-state index in [2.05, 4.69) is 20.7 Å². The minimum Gasteiger partial charge on any atom is -0.478 e. The number of benzene rings is 1. The number of rotatable bonds is 6. The summed E-state index contributed by atoms with van der Waals surface area (Å²) in [6.07, 6.45) is 0.512. The van der Waals surface area contributed by atoms with Gasteiger partial charge in [0.2, 0.25) is 10.0 Å². The molecule has 0 aromatic heterocycles. The minimum atomic E-state index is -3.74. The van der Waals surface area contributed by atoms with Gasteiger partial charge in [-0.25, -0.2) is 17.9 Å². The highest BCUT2D eigenvalue weighted by Gasteiger charge is 2.20. The van der Waals surface area contributed by atoms with Gasteiger partial charge < -0.3 is 10.8 Å². The first kappa shape index (κ1) is 16.1. The third-order valence-electron chi connectivity index (χ3n) is 2.51. The van der Waals surface area contributed by atoms with Crippen molar-refractivity contribution in [1.29, 1.82) is 0 Å². The van der Waals surface area contributed by atoms with Crippen LogP contribution in [0.5, 0.6) is 0 Å². The van der Waals surface area contributed by atoms with Crippen molar-refractivity contribution < 1.29 is 18.3 Å². The van der Waals surface area contributed by atoms with Gasteiger partial charge in [0.25, 0.3) is 0 Å². The second-order valence-corrected chi connectivity index (χ2v) is 6.52. The van der Waals surface area contributed by atoms with E-state index in [9.17, 15) is 13.2 Å². The standard InChI is InChI=1S/C11H15BrN2O4S/c1-7-9(12)5-8(11(15)16)6-10(7)19(17,18)14-4-2-3-13/h5-6,14H,2-4,13H2,1H3,(H,15,16). The SMILES string of the molecule is Cc1c(Br)cc(C(=O)O)cc1S(=O)(=O)NCCCN. The smallest absolute Gasteiger partial charge is 0.335 e. The molecule has 0 amide bonds. The zero-order chi connectivity index (χ0) is 14.6. The van der Waals surface area contributed by atoms with Crippen molar-refractivity contribution in [2.45, 2.75) is 18.2 Å². The molecule has 1 aromatic carbocycles. The molecule has 0 saturated carbocycles. The van der Waals surface area contributed by atoms with E-state index in [0.29, 0.717) is 23.0 Å². The molecule has 8 heteroatoms. The summed E-state index contributed by atoms with van der Waals surface area (Å²) >= 11 is 3.16. The summed E-state index contributed by atoms with van der Waals surface area (Å²) in [6, 6.07) is 2.52. The highest BCUT2D eigenvalue weighted by atomic mass is 79.9. The number of carbonyl (C=O) groups is 1. The van der Waals surface area contributed by atoms with Crippen LogP contribution in [0.25, 0.3) is 0 Å². The highest BCUT2D eigenvalue weighted by Crippen LogP contribution is 2.25. The molecule has 0 fully saturated rings. The van der Waals surface area contributed by atoms with Crippen LogP contribution < -0.4 is 10.5 Å². The lowest BCUT2D eigenvalue weighted by molar-refractivity contribution is 0.0696. The summed E-state index contributed by atoms with van der Waals surface area (Å²) < 4.78 is 27.0. The van der Waals surface area contributed by atoms with Crippen LogP contribution in [0.4, 0.5) is 0 Å². The van der Waals surface area contributed by atoms with Crippen LogP contribution in [-0.4, -0.2) is 32.6 Å². The molecule has 0 heterocycles. The minimum absolute atomic E-state index is 0.0451. The lowest BCUT2D eigenvalue weighted by Crippen LogP contribution is -2.27. The first-order valence-corrected chi connectivity index (χ1v) is 7.80. The summed E-state index contributed by atoms with van der Waals surface area (Å²) in [5.41, 5.74) is 5.67. The van der Waals surface area contributed by atoms with Crippen LogP contribution in [0.2, 0.25) is 0 Å². The maximum atomic E-state index is 12.1. The van der Waals surface area contributed by atoms with Gasteiger partial charge in [-0.15, -0.1) is 0 Å². The molecule has 106 valence electrons. The van der Waals surface area contributed by atoms with Crippen LogP contribution in [0, 0.1) is 6.92 Å². The Bertz CT molecular complexity index is 587. The second kappa shape index (κ2) is 6.47. The summed E-state index contributed by atoms with van der Waals surface area (Å²) in [4.78, 5) is 10.9. The Balaban J connectivity index is 3.21. The summed E-state index contributed by atoms with van der Waals surface area (Å²) in [7, 11) is -3.74. The molecule has 0 aliphatic heterocycles. The summed E-state index contributed by atoms with van der Waals surface area (Å²) in [5.74, 6) is -1.18. The fraction of sp³-hybridized carbons (Fsp3) is 0.364. The molecular weight excluding hydrogens is 336 g/mol. The molecule has 19 heavy (non-hydrogen) atoms. The largest absolute Gasteiger partial charge is 0.478 e. The second-order valence-electron chi connectivity index (χ2n) is 3.93. The number of aromatic carboxylic acids is 1.